The molecule has 0 aliphatic carbocycles. The molecule has 122 valence electrons. The maximum absolute atomic E-state index is 12.9. The van der Waals surface area contributed by atoms with Crippen LogP contribution >= 0.6 is 0 Å². The SMILES string of the molecule is COc1cccc(OC)c1S(=O)(=O)N1C[C@@H](C)[C@H](C(=O)O)C1. The molecule has 1 heterocycles. The molecule has 1 aromatic rings. The van der Waals surface area contributed by atoms with Crippen molar-refractivity contribution in [3.63, 3.8) is 0 Å². The molecular weight excluding hydrogens is 310 g/mol. The summed E-state index contributed by atoms with van der Waals surface area (Å²) in [5, 5.41) is 9.17. The Bertz CT molecular complexity index is 650. The van der Waals surface area contributed by atoms with Gasteiger partial charge in [0.25, 0.3) is 10.0 Å². The molecule has 2 rings (SSSR count). The number of carboxylic acid groups (broad SMARTS) is 1. The standard InChI is InChI=1S/C14H19NO6S/c1-9-7-15(8-10(9)14(16)17)22(18,19)13-11(20-2)5-4-6-12(13)21-3/h4-6,9-10H,7-8H2,1-3H3,(H,16,17)/t9-,10-/m1/s1. The molecule has 0 saturated carbocycles. The van der Waals surface area contributed by atoms with Crippen molar-refractivity contribution in [2.45, 2.75) is 11.8 Å². The molecule has 7 nitrogen and oxygen atoms in total. The van der Waals surface area contributed by atoms with Crippen LogP contribution in [0.4, 0.5) is 0 Å². The van der Waals surface area contributed by atoms with Crippen molar-refractivity contribution in [3.05, 3.63) is 18.2 Å². The van der Waals surface area contributed by atoms with Gasteiger partial charge in [-0.15, -0.1) is 0 Å². The average molecular weight is 329 g/mol. The zero-order valence-corrected chi connectivity index (χ0v) is 13.5. The van der Waals surface area contributed by atoms with Gasteiger partial charge in [0.1, 0.15) is 11.5 Å². The molecule has 0 radical (unpaired) electrons. The monoisotopic (exact) mass is 329 g/mol. The Morgan fingerprint density at radius 1 is 1.23 bits per heavy atom. The Labute approximate surface area is 129 Å². The minimum Gasteiger partial charge on any atom is -0.495 e. The van der Waals surface area contributed by atoms with Gasteiger partial charge < -0.3 is 14.6 Å². The van der Waals surface area contributed by atoms with E-state index in [1.54, 1.807) is 13.0 Å². The van der Waals surface area contributed by atoms with Crippen molar-refractivity contribution in [1.29, 1.82) is 0 Å². The second kappa shape index (κ2) is 6.13. The average Bonchev–Trinajstić information content (AvgIpc) is 2.89. The van der Waals surface area contributed by atoms with Crippen LogP contribution in [-0.2, 0) is 14.8 Å². The summed E-state index contributed by atoms with van der Waals surface area (Å²) in [7, 11) is -1.15. The van der Waals surface area contributed by atoms with Crippen LogP contribution < -0.4 is 9.47 Å². The lowest BCUT2D eigenvalue weighted by molar-refractivity contribution is -0.142. The number of hydrogen-bond acceptors (Lipinski definition) is 5. The molecule has 1 aliphatic heterocycles. The lowest BCUT2D eigenvalue weighted by Gasteiger charge is -2.20. The van der Waals surface area contributed by atoms with Gasteiger partial charge in [-0.3, -0.25) is 4.79 Å². The van der Waals surface area contributed by atoms with Gasteiger partial charge in [-0.05, 0) is 18.1 Å². The Morgan fingerprint density at radius 2 is 1.77 bits per heavy atom. The van der Waals surface area contributed by atoms with Crippen molar-refractivity contribution in [1.82, 2.24) is 4.31 Å². The van der Waals surface area contributed by atoms with Crippen molar-refractivity contribution in [2.24, 2.45) is 11.8 Å². The number of hydrogen-bond donors (Lipinski definition) is 1. The summed E-state index contributed by atoms with van der Waals surface area (Å²) in [5.74, 6) is -1.61. The minimum atomic E-state index is -3.90. The number of nitrogens with zero attached hydrogens (tertiary/aromatic N) is 1. The van der Waals surface area contributed by atoms with Crippen LogP contribution in [0.5, 0.6) is 11.5 Å². The third-order valence-electron chi connectivity index (χ3n) is 3.88. The van der Waals surface area contributed by atoms with Crippen molar-refractivity contribution in [3.8, 4) is 11.5 Å². The summed E-state index contributed by atoms with van der Waals surface area (Å²) in [6, 6.07) is 4.69. The molecule has 1 aromatic carbocycles. The summed E-state index contributed by atoms with van der Waals surface area (Å²) in [6.07, 6.45) is 0. The molecule has 8 heteroatoms. The van der Waals surface area contributed by atoms with Gasteiger partial charge in [0.05, 0.1) is 20.1 Å². The van der Waals surface area contributed by atoms with Crippen LogP contribution in [-0.4, -0.2) is 51.1 Å². The van der Waals surface area contributed by atoms with Crippen LogP contribution in [0.15, 0.2) is 23.1 Å². The molecular formula is C14H19NO6S. The van der Waals surface area contributed by atoms with Gasteiger partial charge in [0, 0.05) is 13.1 Å². The molecule has 2 atom stereocenters. The number of benzene rings is 1. The molecule has 0 amide bonds. The van der Waals surface area contributed by atoms with Crippen LogP contribution in [0.2, 0.25) is 0 Å². The smallest absolute Gasteiger partial charge is 0.308 e. The highest BCUT2D eigenvalue weighted by Gasteiger charge is 2.42. The van der Waals surface area contributed by atoms with E-state index >= 15 is 0 Å². The highest BCUT2D eigenvalue weighted by Crippen LogP contribution is 2.37. The number of rotatable bonds is 5. The van der Waals surface area contributed by atoms with Gasteiger partial charge in [-0.1, -0.05) is 13.0 Å². The number of carbonyl (C=O) groups is 1. The first-order chi connectivity index (χ1) is 10.3. The predicted octanol–water partition coefficient (Wildman–Crippen LogP) is 1.04. The normalized spacial score (nSPS) is 22.5. The van der Waals surface area contributed by atoms with Gasteiger partial charge in [0.15, 0.2) is 4.90 Å². The zero-order chi connectivity index (χ0) is 16.5. The largest absolute Gasteiger partial charge is 0.495 e. The number of sulfonamides is 1. The molecule has 1 fully saturated rings. The highest BCUT2D eigenvalue weighted by molar-refractivity contribution is 7.89. The van der Waals surface area contributed by atoms with Crippen LogP contribution in [0.3, 0.4) is 0 Å². The van der Waals surface area contributed by atoms with Crippen LogP contribution in [0.25, 0.3) is 0 Å². The van der Waals surface area contributed by atoms with Crippen LogP contribution in [0.1, 0.15) is 6.92 Å². The fraction of sp³-hybridized carbons (Fsp3) is 0.500. The van der Waals surface area contributed by atoms with Gasteiger partial charge >= 0.3 is 5.97 Å². The molecule has 1 N–H and O–H groups in total. The van der Waals surface area contributed by atoms with Crippen molar-refractivity contribution in [2.75, 3.05) is 27.3 Å². The van der Waals surface area contributed by atoms with Gasteiger partial charge in [0.2, 0.25) is 0 Å². The van der Waals surface area contributed by atoms with Crippen molar-refractivity contribution >= 4 is 16.0 Å². The molecule has 1 aliphatic rings. The maximum atomic E-state index is 12.9. The fourth-order valence-corrected chi connectivity index (χ4v) is 4.50. The number of aliphatic carboxylic acids is 1. The van der Waals surface area contributed by atoms with Gasteiger partial charge in [-0.2, -0.15) is 4.31 Å². The zero-order valence-electron chi connectivity index (χ0n) is 12.6. The van der Waals surface area contributed by atoms with E-state index in [0.29, 0.717) is 0 Å². The molecule has 0 unspecified atom stereocenters. The lowest BCUT2D eigenvalue weighted by atomic mass is 9.99. The predicted molar refractivity (Wildman–Crippen MR) is 78.6 cm³/mol. The lowest BCUT2D eigenvalue weighted by Crippen LogP contribution is -2.30. The Kier molecular flexibility index (Phi) is 4.62. The quantitative estimate of drug-likeness (QED) is 0.868. The van der Waals surface area contributed by atoms with Crippen molar-refractivity contribution < 1.29 is 27.8 Å². The molecule has 0 bridgehead atoms. The Morgan fingerprint density at radius 3 is 2.18 bits per heavy atom. The number of carboxylic acids is 1. The summed E-state index contributed by atoms with van der Waals surface area (Å²) in [5.41, 5.74) is 0. The first kappa shape index (κ1) is 16.6. The van der Waals surface area contributed by atoms with E-state index in [2.05, 4.69) is 0 Å². The molecule has 0 spiro atoms. The van der Waals surface area contributed by atoms with E-state index in [1.807, 2.05) is 0 Å². The molecule has 0 aromatic heterocycles. The highest BCUT2D eigenvalue weighted by atomic mass is 32.2. The maximum Gasteiger partial charge on any atom is 0.308 e. The third kappa shape index (κ3) is 2.76. The van der Waals surface area contributed by atoms with Crippen LogP contribution in [0, 0.1) is 11.8 Å². The first-order valence-electron chi connectivity index (χ1n) is 6.76. The fourth-order valence-electron chi connectivity index (χ4n) is 2.64. The van der Waals surface area contributed by atoms with E-state index in [-0.39, 0.29) is 35.4 Å². The Hall–Kier alpha value is -1.80. The first-order valence-corrected chi connectivity index (χ1v) is 8.20. The number of ether oxygens (including phenoxy) is 2. The molecule has 22 heavy (non-hydrogen) atoms. The van der Waals surface area contributed by atoms with E-state index in [1.165, 1.54) is 30.7 Å². The second-order valence-corrected chi connectivity index (χ2v) is 7.11. The topological polar surface area (TPSA) is 93.1 Å². The summed E-state index contributed by atoms with van der Waals surface area (Å²) in [6.45, 7) is 1.83. The second-order valence-electron chi connectivity index (χ2n) is 5.24. The van der Waals surface area contributed by atoms with E-state index in [9.17, 15) is 13.2 Å². The Balaban J connectivity index is 2.46. The van der Waals surface area contributed by atoms with E-state index in [0.717, 1.165) is 0 Å². The minimum absolute atomic E-state index is 0.0555. The summed E-state index contributed by atoms with van der Waals surface area (Å²) in [4.78, 5) is 11.1. The summed E-state index contributed by atoms with van der Waals surface area (Å²) >= 11 is 0. The summed E-state index contributed by atoms with van der Waals surface area (Å²) < 4.78 is 37.2. The third-order valence-corrected chi connectivity index (χ3v) is 5.77. The van der Waals surface area contributed by atoms with Gasteiger partial charge in [-0.25, -0.2) is 8.42 Å². The van der Waals surface area contributed by atoms with E-state index < -0.39 is 21.9 Å². The number of methoxy groups -OCH3 is 2. The molecule has 1 saturated heterocycles. The van der Waals surface area contributed by atoms with E-state index in [4.69, 9.17) is 14.6 Å².